The largest absolute Gasteiger partial charge is 0.394 e. The van der Waals surface area contributed by atoms with Gasteiger partial charge in [-0.2, -0.15) is 0 Å². The fourth-order valence-electron chi connectivity index (χ4n) is 6.10. The van der Waals surface area contributed by atoms with Gasteiger partial charge in [-0.3, -0.25) is 28.8 Å². The van der Waals surface area contributed by atoms with Crippen molar-refractivity contribution in [3.63, 3.8) is 0 Å². The van der Waals surface area contributed by atoms with Crippen LogP contribution in [-0.2, 0) is 35.2 Å². The van der Waals surface area contributed by atoms with Crippen molar-refractivity contribution < 1.29 is 33.9 Å². The number of hydrogen-bond acceptors (Lipinski definition) is 8. The van der Waals surface area contributed by atoms with Crippen LogP contribution < -0.4 is 38.1 Å². The molecular formula is C42H57N7O7. The number of aliphatic hydroxyl groups is 1. The minimum atomic E-state index is -1.52. The standard InChI is InChI=1S/C42H57N7O7/c1-6-25(3)36(38(44)52)48-39(53)32(21-22-35(43)51)46-41(55)34(24-50)47-42(56)37(26(4)7-2)49-40(54)33(45-5)23-27-13-15-29(16-14-27)31-19-17-30(18-20-31)28-11-9-8-10-12-28/h8-20,25-26,32-34,36-37,45,50H,6-7,21-24H2,1-5H3,(H2,43,51)(H2,44,52)(H,46,55)(H,47,56)(H,48,53)(H,49,54)/t25-,26-,32+,33+,34-,36+,37-/m0/s1. The summed E-state index contributed by atoms with van der Waals surface area (Å²) in [5, 5.41) is 23.4. The van der Waals surface area contributed by atoms with Gasteiger partial charge in [-0.1, -0.05) is 119 Å². The van der Waals surface area contributed by atoms with Crippen LogP contribution in [0, 0.1) is 11.8 Å². The molecule has 3 rings (SSSR count). The molecule has 0 saturated carbocycles. The lowest BCUT2D eigenvalue weighted by molar-refractivity contribution is -0.136. The predicted molar refractivity (Wildman–Crippen MR) is 215 cm³/mol. The van der Waals surface area contributed by atoms with E-state index in [-0.39, 0.29) is 24.7 Å². The van der Waals surface area contributed by atoms with Crippen LogP contribution in [0.2, 0.25) is 0 Å². The second kappa shape index (κ2) is 22.1. The van der Waals surface area contributed by atoms with Crippen LogP contribution in [0.15, 0.2) is 78.9 Å². The van der Waals surface area contributed by atoms with Gasteiger partial charge in [0.1, 0.15) is 24.2 Å². The molecule has 0 heterocycles. The molecule has 0 aliphatic heterocycles. The highest BCUT2D eigenvalue weighted by molar-refractivity contribution is 5.96. The van der Waals surface area contributed by atoms with Gasteiger partial charge in [0, 0.05) is 6.42 Å². The van der Waals surface area contributed by atoms with Crippen LogP contribution in [0.4, 0.5) is 0 Å². The number of nitrogens with two attached hydrogens (primary N) is 2. The van der Waals surface area contributed by atoms with Crippen LogP contribution in [-0.4, -0.2) is 84.4 Å². The molecule has 0 aliphatic carbocycles. The summed E-state index contributed by atoms with van der Waals surface area (Å²) >= 11 is 0. The Morgan fingerprint density at radius 3 is 1.52 bits per heavy atom. The molecule has 0 unspecified atom stereocenters. The van der Waals surface area contributed by atoms with Crippen molar-refractivity contribution in [1.82, 2.24) is 26.6 Å². The van der Waals surface area contributed by atoms with Crippen molar-refractivity contribution in [2.45, 2.75) is 90.0 Å². The third kappa shape index (κ3) is 13.0. The molecular weight excluding hydrogens is 715 g/mol. The number of hydrogen-bond donors (Lipinski definition) is 8. The Labute approximate surface area is 328 Å². The maximum absolute atomic E-state index is 13.6. The third-order valence-electron chi connectivity index (χ3n) is 10.1. The molecule has 0 saturated heterocycles. The van der Waals surface area contributed by atoms with E-state index in [1.165, 1.54) is 0 Å². The SMILES string of the molecule is CC[C@H](C)[C@H](NC(=O)[C@@H](Cc1ccc(-c2ccc(-c3ccccc3)cc2)cc1)NC)C(=O)N[C@@H](CO)C(=O)N[C@H](CCC(N)=O)C(=O)N[C@@H](C(N)=O)[C@@H](C)CC. The highest BCUT2D eigenvalue weighted by Gasteiger charge is 2.34. The topological polar surface area (TPSA) is 235 Å². The number of carbonyl (C=O) groups is 6. The molecule has 7 atom stereocenters. The summed E-state index contributed by atoms with van der Waals surface area (Å²) in [4.78, 5) is 77.3. The van der Waals surface area contributed by atoms with E-state index in [1.807, 2.05) is 56.3 Å². The molecule has 0 aromatic heterocycles. The number of primary amides is 2. The summed E-state index contributed by atoms with van der Waals surface area (Å²) in [6, 6.07) is 20.6. The molecule has 0 spiro atoms. The Bertz CT molecular complexity index is 1770. The molecule has 3 aromatic carbocycles. The van der Waals surface area contributed by atoms with Gasteiger partial charge in [0.15, 0.2) is 0 Å². The molecule has 3 aromatic rings. The highest BCUT2D eigenvalue weighted by Crippen LogP contribution is 2.25. The number of likely N-dealkylation sites (N-methyl/N-ethyl adjacent to an activating group) is 1. The smallest absolute Gasteiger partial charge is 0.245 e. The van der Waals surface area contributed by atoms with Crippen LogP contribution in [0.1, 0.15) is 58.9 Å². The number of aliphatic hydroxyl groups excluding tert-OH is 1. The van der Waals surface area contributed by atoms with Gasteiger partial charge in [0.05, 0.1) is 12.6 Å². The number of rotatable bonds is 22. The molecule has 10 N–H and O–H groups in total. The number of carbonyl (C=O) groups excluding carboxylic acids is 6. The zero-order valence-electron chi connectivity index (χ0n) is 32.8. The average Bonchev–Trinajstić information content (AvgIpc) is 3.20. The first kappa shape index (κ1) is 44.8. The Morgan fingerprint density at radius 1 is 0.589 bits per heavy atom. The van der Waals surface area contributed by atoms with Crippen molar-refractivity contribution in [1.29, 1.82) is 0 Å². The molecule has 302 valence electrons. The quantitative estimate of drug-likeness (QED) is 0.0750. The monoisotopic (exact) mass is 771 g/mol. The summed E-state index contributed by atoms with van der Waals surface area (Å²) < 4.78 is 0. The van der Waals surface area contributed by atoms with Crippen molar-refractivity contribution >= 4 is 35.4 Å². The van der Waals surface area contributed by atoms with Gasteiger partial charge in [-0.25, -0.2) is 0 Å². The first-order valence-corrected chi connectivity index (χ1v) is 19.0. The van der Waals surface area contributed by atoms with E-state index in [2.05, 4.69) is 63.0 Å². The van der Waals surface area contributed by atoms with Crippen LogP contribution in [0.25, 0.3) is 22.3 Å². The van der Waals surface area contributed by atoms with Crippen molar-refractivity contribution in [2.75, 3.05) is 13.7 Å². The predicted octanol–water partition coefficient (Wildman–Crippen LogP) is 1.93. The van der Waals surface area contributed by atoms with Crippen molar-refractivity contribution in [3.8, 4) is 22.3 Å². The molecule has 14 heteroatoms. The van der Waals surface area contributed by atoms with Crippen LogP contribution in [0.5, 0.6) is 0 Å². The van der Waals surface area contributed by atoms with Crippen LogP contribution in [0.3, 0.4) is 0 Å². The van der Waals surface area contributed by atoms with Gasteiger partial charge < -0.3 is 43.2 Å². The molecule has 0 aliphatic rings. The second-order valence-electron chi connectivity index (χ2n) is 14.1. The van der Waals surface area contributed by atoms with E-state index < -0.39 is 72.3 Å². The summed E-state index contributed by atoms with van der Waals surface area (Å²) in [5.41, 5.74) is 16.0. The molecule has 14 nitrogen and oxygen atoms in total. The molecule has 0 fully saturated rings. The van der Waals surface area contributed by atoms with E-state index >= 15 is 0 Å². The summed E-state index contributed by atoms with van der Waals surface area (Å²) in [6.07, 6.45) is 0.854. The van der Waals surface area contributed by atoms with Gasteiger partial charge in [0.2, 0.25) is 35.4 Å². The van der Waals surface area contributed by atoms with Gasteiger partial charge in [-0.05, 0) is 59.5 Å². The average molecular weight is 772 g/mol. The fraction of sp³-hybridized carbons (Fsp3) is 0.429. The zero-order valence-corrected chi connectivity index (χ0v) is 32.8. The summed E-state index contributed by atoms with van der Waals surface area (Å²) in [5.74, 6) is -5.07. The minimum absolute atomic E-state index is 0.216. The molecule has 0 bridgehead atoms. The third-order valence-corrected chi connectivity index (χ3v) is 10.1. The lowest BCUT2D eigenvalue weighted by Crippen LogP contribution is -2.61. The second-order valence-corrected chi connectivity index (χ2v) is 14.1. The van der Waals surface area contributed by atoms with Crippen LogP contribution >= 0.6 is 0 Å². The Morgan fingerprint density at radius 2 is 1.04 bits per heavy atom. The normalized spacial score (nSPS) is 14.8. The van der Waals surface area contributed by atoms with E-state index in [0.29, 0.717) is 19.3 Å². The highest BCUT2D eigenvalue weighted by atomic mass is 16.3. The molecule has 56 heavy (non-hydrogen) atoms. The van der Waals surface area contributed by atoms with Crippen molar-refractivity contribution in [3.05, 3.63) is 84.4 Å². The maximum atomic E-state index is 13.6. The minimum Gasteiger partial charge on any atom is -0.394 e. The van der Waals surface area contributed by atoms with Crippen molar-refractivity contribution in [2.24, 2.45) is 23.3 Å². The van der Waals surface area contributed by atoms with E-state index in [9.17, 15) is 33.9 Å². The fourth-order valence-corrected chi connectivity index (χ4v) is 6.10. The number of nitrogens with one attached hydrogen (secondary N) is 5. The van der Waals surface area contributed by atoms with E-state index in [0.717, 1.165) is 27.8 Å². The van der Waals surface area contributed by atoms with E-state index in [1.54, 1.807) is 20.9 Å². The number of amides is 6. The number of benzene rings is 3. The molecule has 0 radical (unpaired) electrons. The summed E-state index contributed by atoms with van der Waals surface area (Å²) in [7, 11) is 1.65. The lowest BCUT2D eigenvalue weighted by Gasteiger charge is -2.28. The molecule has 6 amide bonds. The van der Waals surface area contributed by atoms with Gasteiger partial charge in [-0.15, -0.1) is 0 Å². The van der Waals surface area contributed by atoms with E-state index in [4.69, 9.17) is 11.5 Å². The Kier molecular flexibility index (Phi) is 17.7. The van der Waals surface area contributed by atoms with Gasteiger partial charge >= 0.3 is 0 Å². The van der Waals surface area contributed by atoms with Gasteiger partial charge in [0.25, 0.3) is 0 Å². The lowest BCUT2D eigenvalue weighted by atomic mass is 9.96. The summed E-state index contributed by atoms with van der Waals surface area (Å²) in [6.45, 7) is 6.31. The first-order valence-electron chi connectivity index (χ1n) is 19.0. The maximum Gasteiger partial charge on any atom is 0.245 e. The Balaban J connectivity index is 1.68. The Hall–Kier alpha value is -5.60. The first-order chi connectivity index (χ1) is 26.7. The zero-order chi connectivity index (χ0) is 41.4.